The van der Waals surface area contributed by atoms with E-state index in [2.05, 4.69) is 62.6 Å². The molecule has 0 aromatic carbocycles. The van der Waals surface area contributed by atoms with Crippen LogP contribution >= 0.6 is 0 Å². The highest BCUT2D eigenvalue weighted by Crippen LogP contribution is 2.28. The number of rotatable bonds is 10. The Morgan fingerprint density at radius 2 is 2.00 bits per heavy atom. The van der Waals surface area contributed by atoms with Crippen LogP contribution < -0.4 is 5.32 Å². The molecule has 1 aliphatic heterocycles. The van der Waals surface area contributed by atoms with Crippen molar-refractivity contribution in [3.05, 3.63) is 35.7 Å². The Hall–Kier alpha value is -2.08. The first kappa shape index (κ1) is 23.0. The molecule has 1 N–H and O–H groups in total. The predicted molar refractivity (Wildman–Crippen MR) is 109 cm³/mol. The van der Waals surface area contributed by atoms with Crippen LogP contribution in [0, 0.1) is 5.92 Å². The fourth-order valence-corrected chi connectivity index (χ4v) is 2.97. The molecule has 1 amide bonds. The van der Waals surface area contributed by atoms with Crippen molar-refractivity contribution in [2.45, 2.75) is 46.1 Å². The minimum atomic E-state index is -0.353. The number of methoxy groups -OCH3 is 1. The molecule has 0 aromatic heterocycles. The zero-order valence-electron chi connectivity index (χ0n) is 17.7. The zero-order chi connectivity index (χ0) is 20.6. The van der Waals surface area contributed by atoms with Crippen LogP contribution in [-0.4, -0.2) is 62.0 Å². The van der Waals surface area contributed by atoms with E-state index >= 15 is 0 Å². The van der Waals surface area contributed by atoms with Gasteiger partial charge in [0.25, 0.3) is 0 Å². The Morgan fingerprint density at radius 1 is 1.33 bits per heavy atom. The lowest BCUT2D eigenvalue weighted by atomic mass is 9.96. The second kappa shape index (κ2) is 10.9. The van der Waals surface area contributed by atoms with Crippen LogP contribution in [0.4, 0.5) is 0 Å². The molecule has 6 heteroatoms. The minimum absolute atomic E-state index is 0.0927. The number of nitrogens with zero attached hydrogens (tertiary/aromatic N) is 2. The van der Waals surface area contributed by atoms with Gasteiger partial charge in [0, 0.05) is 25.0 Å². The van der Waals surface area contributed by atoms with Gasteiger partial charge < -0.3 is 19.9 Å². The molecule has 0 bridgehead atoms. The summed E-state index contributed by atoms with van der Waals surface area (Å²) in [6, 6.07) is -0.353. The van der Waals surface area contributed by atoms with Crippen molar-refractivity contribution in [1.82, 2.24) is 15.1 Å². The van der Waals surface area contributed by atoms with E-state index in [1.54, 1.807) is 0 Å². The van der Waals surface area contributed by atoms with Crippen molar-refractivity contribution in [3.63, 3.8) is 0 Å². The van der Waals surface area contributed by atoms with Gasteiger partial charge in [0.15, 0.2) is 0 Å². The van der Waals surface area contributed by atoms with Gasteiger partial charge in [-0.15, -0.1) is 0 Å². The molecule has 0 aliphatic carbocycles. The molecule has 0 radical (unpaired) electrons. The van der Waals surface area contributed by atoms with E-state index in [1.807, 2.05) is 11.0 Å². The van der Waals surface area contributed by atoms with Crippen LogP contribution in [0.15, 0.2) is 35.7 Å². The summed E-state index contributed by atoms with van der Waals surface area (Å²) >= 11 is 0. The van der Waals surface area contributed by atoms with Crippen molar-refractivity contribution >= 4 is 11.9 Å². The Morgan fingerprint density at radius 3 is 2.56 bits per heavy atom. The van der Waals surface area contributed by atoms with E-state index in [0.717, 1.165) is 18.7 Å². The first-order valence-corrected chi connectivity index (χ1v) is 9.51. The van der Waals surface area contributed by atoms with Gasteiger partial charge in [-0.05, 0) is 57.0 Å². The van der Waals surface area contributed by atoms with Crippen molar-refractivity contribution in [2.24, 2.45) is 5.92 Å². The maximum atomic E-state index is 12.8. The van der Waals surface area contributed by atoms with E-state index in [0.29, 0.717) is 12.3 Å². The molecule has 1 unspecified atom stereocenters. The summed E-state index contributed by atoms with van der Waals surface area (Å²) in [5.74, 6) is -0.0766. The maximum absolute atomic E-state index is 12.8. The third kappa shape index (κ3) is 7.59. The second-order valence-electron chi connectivity index (χ2n) is 7.70. The van der Waals surface area contributed by atoms with Crippen LogP contribution in [0.25, 0.3) is 0 Å². The van der Waals surface area contributed by atoms with Gasteiger partial charge in [0.2, 0.25) is 5.91 Å². The molecule has 152 valence electrons. The van der Waals surface area contributed by atoms with Crippen LogP contribution in [0.1, 0.15) is 40.0 Å². The summed E-state index contributed by atoms with van der Waals surface area (Å²) < 4.78 is 4.63. The van der Waals surface area contributed by atoms with Gasteiger partial charge in [-0.3, -0.25) is 9.59 Å². The summed E-state index contributed by atoms with van der Waals surface area (Å²) in [5, 5.41) is 2.87. The SMILES string of the molecule is C=C1C=C(C)C(CCN(C)C)=CN1C(CC(C)C)C(=O)NCCC(=O)OC. The first-order valence-electron chi connectivity index (χ1n) is 9.51. The molecule has 0 fully saturated rings. The highest BCUT2D eigenvalue weighted by Gasteiger charge is 2.28. The van der Waals surface area contributed by atoms with Crippen LogP contribution in [0.2, 0.25) is 0 Å². The lowest BCUT2D eigenvalue weighted by Crippen LogP contribution is -2.46. The molecular formula is C21H35N3O3. The number of hydrogen-bond donors (Lipinski definition) is 1. The van der Waals surface area contributed by atoms with Gasteiger partial charge in [0.1, 0.15) is 6.04 Å². The highest BCUT2D eigenvalue weighted by atomic mass is 16.5. The molecule has 0 aromatic rings. The van der Waals surface area contributed by atoms with Crippen LogP contribution in [0.3, 0.4) is 0 Å². The van der Waals surface area contributed by atoms with Crippen LogP contribution in [-0.2, 0) is 14.3 Å². The van der Waals surface area contributed by atoms with Crippen LogP contribution in [0.5, 0.6) is 0 Å². The van der Waals surface area contributed by atoms with Gasteiger partial charge in [-0.1, -0.05) is 20.4 Å². The topological polar surface area (TPSA) is 61.9 Å². The lowest BCUT2D eigenvalue weighted by Gasteiger charge is -2.35. The predicted octanol–water partition coefficient (Wildman–Crippen LogP) is 2.69. The molecule has 1 atom stereocenters. The molecule has 1 rings (SSSR count). The fourth-order valence-electron chi connectivity index (χ4n) is 2.97. The summed E-state index contributed by atoms with van der Waals surface area (Å²) in [4.78, 5) is 28.2. The van der Waals surface area contributed by atoms with Gasteiger partial charge in [-0.2, -0.15) is 0 Å². The van der Waals surface area contributed by atoms with Crippen molar-refractivity contribution < 1.29 is 14.3 Å². The summed E-state index contributed by atoms with van der Waals surface area (Å²) in [5.41, 5.74) is 3.22. The number of hydrogen-bond acceptors (Lipinski definition) is 5. The molecule has 0 spiro atoms. The molecular weight excluding hydrogens is 342 g/mol. The molecule has 6 nitrogen and oxygen atoms in total. The normalized spacial score (nSPS) is 15.6. The summed E-state index contributed by atoms with van der Waals surface area (Å²) in [7, 11) is 5.45. The number of carbonyl (C=O) groups is 2. The average Bonchev–Trinajstić information content (AvgIpc) is 2.58. The minimum Gasteiger partial charge on any atom is -0.469 e. The van der Waals surface area contributed by atoms with E-state index in [-0.39, 0.29) is 30.9 Å². The molecule has 0 saturated carbocycles. The van der Waals surface area contributed by atoms with Crippen molar-refractivity contribution in [2.75, 3.05) is 34.3 Å². The highest BCUT2D eigenvalue weighted by molar-refractivity contribution is 5.83. The quantitative estimate of drug-likeness (QED) is 0.593. The number of ether oxygens (including phenoxy) is 1. The number of carbonyl (C=O) groups excluding carboxylic acids is 2. The summed E-state index contributed by atoms with van der Waals surface area (Å²) in [6.45, 7) is 11.6. The number of esters is 1. The molecule has 0 saturated heterocycles. The number of allylic oxidation sites excluding steroid dienone is 2. The Balaban J connectivity index is 2.94. The monoisotopic (exact) mass is 377 g/mol. The van der Waals surface area contributed by atoms with E-state index in [9.17, 15) is 9.59 Å². The standard InChI is InChI=1S/C21H35N3O3/c1-15(2)12-19(21(26)22-10-8-20(25)27-7)24-14-18(9-11-23(5)6)16(3)13-17(24)4/h13-15,19H,4,8-12H2,1-3,5-7H3,(H,22,26). The number of nitrogens with one attached hydrogen (secondary N) is 1. The average molecular weight is 378 g/mol. The van der Waals surface area contributed by atoms with Gasteiger partial charge in [0.05, 0.1) is 13.5 Å². The third-order valence-corrected chi connectivity index (χ3v) is 4.53. The molecule has 1 aliphatic rings. The molecule has 1 heterocycles. The Kier molecular flexibility index (Phi) is 9.29. The largest absolute Gasteiger partial charge is 0.469 e. The number of amides is 1. The molecule has 27 heavy (non-hydrogen) atoms. The lowest BCUT2D eigenvalue weighted by molar-refractivity contribution is -0.140. The smallest absolute Gasteiger partial charge is 0.307 e. The Labute approximate surface area is 163 Å². The maximum Gasteiger partial charge on any atom is 0.307 e. The van der Waals surface area contributed by atoms with Gasteiger partial charge >= 0.3 is 5.97 Å². The van der Waals surface area contributed by atoms with E-state index in [1.165, 1.54) is 18.3 Å². The Bertz CT molecular complexity index is 606. The van der Waals surface area contributed by atoms with Gasteiger partial charge in [-0.25, -0.2) is 0 Å². The third-order valence-electron chi connectivity index (χ3n) is 4.53. The fraction of sp³-hybridized carbons (Fsp3) is 0.619. The summed E-state index contributed by atoms with van der Waals surface area (Å²) in [6.07, 6.45) is 5.89. The van der Waals surface area contributed by atoms with E-state index in [4.69, 9.17) is 0 Å². The van der Waals surface area contributed by atoms with E-state index < -0.39 is 0 Å². The zero-order valence-corrected chi connectivity index (χ0v) is 17.7. The second-order valence-corrected chi connectivity index (χ2v) is 7.70. The van der Waals surface area contributed by atoms with Crippen molar-refractivity contribution in [1.29, 1.82) is 0 Å². The van der Waals surface area contributed by atoms with Crippen molar-refractivity contribution in [3.8, 4) is 0 Å². The first-order chi connectivity index (χ1) is 12.6.